The number of hydrogen-bond acceptors (Lipinski definition) is 4. The molecule has 0 N–H and O–H groups in total. The first-order chi connectivity index (χ1) is 13.2. The van der Waals surface area contributed by atoms with Gasteiger partial charge in [-0.3, -0.25) is 9.10 Å². The number of anilines is 1. The molecule has 0 saturated carbocycles. The van der Waals surface area contributed by atoms with Crippen molar-refractivity contribution in [3.63, 3.8) is 0 Å². The molecule has 0 fully saturated rings. The van der Waals surface area contributed by atoms with Crippen LogP contribution >= 0.6 is 11.6 Å². The van der Waals surface area contributed by atoms with E-state index in [1.54, 1.807) is 45.3 Å². The first kappa shape index (κ1) is 22.0. The van der Waals surface area contributed by atoms with Gasteiger partial charge < -0.3 is 9.64 Å². The quantitative estimate of drug-likeness (QED) is 0.649. The fourth-order valence-electron chi connectivity index (χ4n) is 3.05. The standard InChI is InChI=1S/C20H25ClN2O4S/c1-5-18(23(28(4,25)26)17-12-10-16(21)11-13-17)20(24)22(2)14-15-8-6-7-9-19(15)27-3/h6-13,18H,5,14H2,1-4H3/t18-/m1/s1. The maximum absolute atomic E-state index is 13.2. The van der Waals surface area contributed by atoms with Crippen LogP contribution in [0.1, 0.15) is 18.9 Å². The van der Waals surface area contributed by atoms with E-state index in [0.717, 1.165) is 16.1 Å². The molecule has 0 spiro atoms. The predicted molar refractivity (Wildman–Crippen MR) is 112 cm³/mol. The summed E-state index contributed by atoms with van der Waals surface area (Å²) < 4.78 is 31.5. The Kier molecular flexibility index (Phi) is 7.32. The summed E-state index contributed by atoms with van der Waals surface area (Å²) in [5.41, 5.74) is 1.24. The van der Waals surface area contributed by atoms with Crippen LogP contribution in [0.3, 0.4) is 0 Å². The van der Waals surface area contributed by atoms with Crippen LogP contribution in [0.25, 0.3) is 0 Å². The van der Waals surface area contributed by atoms with Crippen LogP contribution in [0.4, 0.5) is 5.69 Å². The summed E-state index contributed by atoms with van der Waals surface area (Å²) in [4.78, 5) is 14.7. The Balaban J connectivity index is 2.34. The van der Waals surface area contributed by atoms with Crippen LogP contribution in [0.15, 0.2) is 48.5 Å². The number of nitrogens with zero attached hydrogens (tertiary/aromatic N) is 2. The summed E-state index contributed by atoms with van der Waals surface area (Å²) in [5, 5.41) is 0.491. The van der Waals surface area contributed by atoms with Crippen molar-refractivity contribution in [1.82, 2.24) is 4.90 Å². The van der Waals surface area contributed by atoms with Crippen LogP contribution in [-0.4, -0.2) is 45.7 Å². The first-order valence-corrected chi connectivity index (χ1v) is 11.0. The number of carbonyl (C=O) groups excluding carboxylic acids is 1. The zero-order chi connectivity index (χ0) is 20.9. The fraction of sp³-hybridized carbons (Fsp3) is 0.350. The number of benzene rings is 2. The molecular formula is C20H25ClN2O4S. The minimum Gasteiger partial charge on any atom is -0.496 e. The third kappa shape index (κ3) is 5.17. The van der Waals surface area contributed by atoms with E-state index in [-0.39, 0.29) is 5.91 Å². The molecule has 2 aromatic carbocycles. The molecule has 2 aromatic rings. The zero-order valence-corrected chi connectivity index (χ0v) is 18.0. The van der Waals surface area contributed by atoms with Crippen molar-refractivity contribution < 1.29 is 17.9 Å². The van der Waals surface area contributed by atoms with Gasteiger partial charge in [0.2, 0.25) is 15.9 Å². The van der Waals surface area contributed by atoms with Crippen molar-refractivity contribution in [3.05, 3.63) is 59.1 Å². The van der Waals surface area contributed by atoms with E-state index in [1.807, 2.05) is 24.3 Å². The Morgan fingerprint density at radius 2 is 1.75 bits per heavy atom. The highest BCUT2D eigenvalue weighted by molar-refractivity contribution is 7.92. The number of methoxy groups -OCH3 is 1. The maximum atomic E-state index is 13.2. The van der Waals surface area contributed by atoms with Gasteiger partial charge >= 0.3 is 0 Å². The number of para-hydroxylation sites is 1. The highest BCUT2D eigenvalue weighted by Gasteiger charge is 2.33. The summed E-state index contributed by atoms with van der Waals surface area (Å²) in [6.07, 6.45) is 1.42. The lowest BCUT2D eigenvalue weighted by Gasteiger charge is -2.33. The summed E-state index contributed by atoms with van der Waals surface area (Å²) in [5.74, 6) is 0.377. The van der Waals surface area contributed by atoms with Gasteiger partial charge in [0.05, 0.1) is 19.1 Å². The molecule has 0 heterocycles. The second-order valence-corrected chi connectivity index (χ2v) is 8.76. The topological polar surface area (TPSA) is 66.9 Å². The number of amides is 1. The molecular weight excluding hydrogens is 400 g/mol. The molecule has 0 bridgehead atoms. The molecule has 1 atom stereocenters. The Bertz CT molecular complexity index is 916. The van der Waals surface area contributed by atoms with Gasteiger partial charge in [0.1, 0.15) is 11.8 Å². The summed E-state index contributed by atoms with van der Waals surface area (Å²) >= 11 is 5.92. The van der Waals surface area contributed by atoms with Crippen molar-refractivity contribution in [3.8, 4) is 5.75 Å². The lowest BCUT2D eigenvalue weighted by Crippen LogP contribution is -2.49. The van der Waals surface area contributed by atoms with E-state index in [0.29, 0.717) is 29.4 Å². The van der Waals surface area contributed by atoms with Crippen LogP contribution < -0.4 is 9.04 Å². The molecule has 152 valence electrons. The van der Waals surface area contributed by atoms with Gasteiger partial charge in [0.15, 0.2) is 0 Å². The number of ether oxygens (including phenoxy) is 1. The molecule has 0 aliphatic heterocycles. The van der Waals surface area contributed by atoms with E-state index in [2.05, 4.69) is 0 Å². The van der Waals surface area contributed by atoms with E-state index >= 15 is 0 Å². The SMILES string of the molecule is CC[C@H](C(=O)N(C)Cc1ccccc1OC)N(c1ccc(Cl)cc1)S(C)(=O)=O. The van der Waals surface area contributed by atoms with Gasteiger partial charge in [-0.15, -0.1) is 0 Å². The molecule has 6 nitrogen and oxygen atoms in total. The summed E-state index contributed by atoms with van der Waals surface area (Å²) in [6.45, 7) is 2.09. The van der Waals surface area contributed by atoms with E-state index < -0.39 is 16.1 Å². The van der Waals surface area contributed by atoms with Gasteiger partial charge in [0, 0.05) is 24.2 Å². The number of halogens is 1. The third-order valence-corrected chi connectivity index (χ3v) is 5.80. The number of hydrogen-bond donors (Lipinski definition) is 0. The van der Waals surface area contributed by atoms with E-state index in [9.17, 15) is 13.2 Å². The van der Waals surface area contributed by atoms with Gasteiger partial charge in [-0.05, 0) is 36.8 Å². The Hall–Kier alpha value is -2.25. The summed E-state index contributed by atoms with van der Waals surface area (Å²) in [7, 11) is -0.465. The molecule has 0 radical (unpaired) electrons. The molecule has 28 heavy (non-hydrogen) atoms. The first-order valence-electron chi connectivity index (χ1n) is 8.80. The minimum atomic E-state index is -3.69. The van der Waals surface area contributed by atoms with Crippen LogP contribution in [0.2, 0.25) is 5.02 Å². The molecule has 2 rings (SSSR count). The molecule has 0 aromatic heterocycles. The second-order valence-electron chi connectivity index (χ2n) is 6.47. The maximum Gasteiger partial charge on any atom is 0.246 e. The van der Waals surface area contributed by atoms with Crippen molar-refractivity contribution in [2.24, 2.45) is 0 Å². The number of likely N-dealkylation sites (N-methyl/N-ethyl adjacent to an activating group) is 1. The minimum absolute atomic E-state index is 0.297. The second kappa shape index (κ2) is 9.30. The molecule has 8 heteroatoms. The highest BCUT2D eigenvalue weighted by Crippen LogP contribution is 2.26. The lowest BCUT2D eigenvalue weighted by molar-refractivity contribution is -0.131. The molecule has 0 unspecified atom stereocenters. The Morgan fingerprint density at radius 1 is 1.14 bits per heavy atom. The smallest absolute Gasteiger partial charge is 0.246 e. The average Bonchev–Trinajstić information content (AvgIpc) is 2.66. The van der Waals surface area contributed by atoms with Crippen molar-refractivity contribution >= 4 is 33.2 Å². The van der Waals surface area contributed by atoms with Gasteiger partial charge in [-0.25, -0.2) is 8.42 Å². The number of carbonyl (C=O) groups is 1. The largest absolute Gasteiger partial charge is 0.496 e. The van der Waals surface area contributed by atoms with Crippen molar-refractivity contribution in [1.29, 1.82) is 0 Å². The van der Waals surface area contributed by atoms with Crippen LogP contribution in [-0.2, 0) is 21.4 Å². The molecule has 0 saturated heterocycles. The van der Waals surface area contributed by atoms with Crippen molar-refractivity contribution in [2.45, 2.75) is 25.9 Å². The monoisotopic (exact) mass is 424 g/mol. The number of rotatable bonds is 8. The Labute approximate surface area is 171 Å². The van der Waals surface area contributed by atoms with Crippen LogP contribution in [0, 0.1) is 0 Å². The number of sulfonamides is 1. The molecule has 1 amide bonds. The average molecular weight is 425 g/mol. The normalized spacial score (nSPS) is 12.3. The summed E-state index contributed by atoms with van der Waals surface area (Å²) in [6, 6.07) is 12.9. The molecule has 0 aliphatic rings. The fourth-order valence-corrected chi connectivity index (χ4v) is 4.38. The highest BCUT2D eigenvalue weighted by atomic mass is 35.5. The Morgan fingerprint density at radius 3 is 2.29 bits per heavy atom. The van der Waals surface area contributed by atoms with Crippen molar-refractivity contribution in [2.75, 3.05) is 24.7 Å². The van der Waals surface area contributed by atoms with Gasteiger partial charge in [-0.2, -0.15) is 0 Å². The van der Waals surface area contributed by atoms with E-state index in [1.165, 1.54) is 4.90 Å². The molecule has 0 aliphatic carbocycles. The van der Waals surface area contributed by atoms with Crippen LogP contribution in [0.5, 0.6) is 5.75 Å². The lowest BCUT2D eigenvalue weighted by atomic mass is 10.1. The zero-order valence-electron chi connectivity index (χ0n) is 16.4. The van der Waals surface area contributed by atoms with E-state index in [4.69, 9.17) is 16.3 Å². The third-order valence-electron chi connectivity index (χ3n) is 4.37. The van der Waals surface area contributed by atoms with Gasteiger partial charge in [-0.1, -0.05) is 36.7 Å². The predicted octanol–water partition coefficient (Wildman–Crippen LogP) is 3.55. The van der Waals surface area contributed by atoms with Gasteiger partial charge in [0.25, 0.3) is 0 Å².